The Hall–Kier alpha value is -3.48. The predicted octanol–water partition coefficient (Wildman–Crippen LogP) is 3.19. The van der Waals surface area contributed by atoms with Crippen molar-refractivity contribution in [2.75, 3.05) is 36.4 Å². The van der Waals surface area contributed by atoms with Crippen molar-refractivity contribution in [3.8, 4) is 0 Å². The number of anilines is 2. The molecule has 4 rings (SSSR count). The molecule has 1 fully saturated rings. The van der Waals surface area contributed by atoms with Crippen molar-refractivity contribution in [1.82, 2.24) is 14.9 Å². The van der Waals surface area contributed by atoms with Gasteiger partial charge in [0.2, 0.25) is 0 Å². The van der Waals surface area contributed by atoms with Gasteiger partial charge in [-0.1, -0.05) is 6.07 Å². The molecule has 0 spiro atoms. The fourth-order valence-corrected chi connectivity index (χ4v) is 3.36. The van der Waals surface area contributed by atoms with Crippen molar-refractivity contribution in [2.45, 2.75) is 6.54 Å². The van der Waals surface area contributed by atoms with Crippen LogP contribution in [0, 0.1) is 5.82 Å². The number of hydrogen-bond acceptors (Lipinski definition) is 5. The van der Waals surface area contributed by atoms with E-state index in [0.717, 1.165) is 11.3 Å². The van der Waals surface area contributed by atoms with Crippen LogP contribution >= 0.6 is 0 Å². The number of aromatic nitrogens is 2. The molecule has 3 aromatic rings. The van der Waals surface area contributed by atoms with Gasteiger partial charge in [-0.05, 0) is 48.0 Å². The first-order valence-electron chi connectivity index (χ1n) is 9.58. The topological polar surface area (TPSA) is 61.4 Å². The minimum atomic E-state index is -0.242. The summed E-state index contributed by atoms with van der Waals surface area (Å²) in [5.74, 6) is 0.411. The molecule has 1 aromatic carbocycles. The quantitative estimate of drug-likeness (QED) is 0.724. The van der Waals surface area contributed by atoms with Gasteiger partial charge in [0.25, 0.3) is 5.91 Å². The summed E-state index contributed by atoms with van der Waals surface area (Å²) in [6, 6.07) is 13.9. The maximum Gasteiger partial charge on any atom is 0.254 e. The van der Waals surface area contributed by atoms with Crippen LogP contribution in [0.1, 0.15) is 15.9 Å². The van der Waals surface area contributed by atoms with Gasteiger partial charge < -0.3 is 15.1 Å². The van der Waals surface area contributed by atoms with Crippen molar-refractivity contribution in [3.63, 3.8) is 0 Å². The van der Waals surface area contributed by atoms with Crippen molar-refractivity contribution < 1.29 is 9.18 Å². The number of nitrogens with zero attached hydrogens (tertiary/aromatic N) is 4. The summed E-state index contributed by atoms with van der Waals surface area (Å²) in [6.07, 6.45) is 5.17. The molecule has 1 N–H and O–H groups in total. The zero-order valence-corrected chi connectivity index (χ0v) is 16.0. The van der Waals surface area contributed by atoms with Crippen molar-refractivity contribution in [2.24, 2.45) is 0 Å². The van der Waals surface area contributed by atoms with Gasteiger partial charge in [0.05, 0.1) is 0 Å². The number of amides is 1. The first-order chi connectivity index (χ1) is 14.2. The first-order valence-corrected chi connectivity index (χ1v) is 9.58. The Morgan fingerprint density at radius 3 is 2.55 bits per heavy atom. The van der Waals surface area contributed by atoms with E-state index in [2.05, 4.69) is 20.2 Å². The largest absolute Gasteiger partial charge is 0.368 e. The fraction of sp³-hybridized carbons (Fsp3) is 0.227. The molecule has 0 atom stereocenters. The van der Waals surface area contributed by atoms with Crippen LogP contribution in [0.25, 0.3) is 0 Å². The molecule has 148 valence electrons. The second kappa shape index (κ2) is 8.68. The summed E-state index contributed by atoms with van der Waals surface area (Å²) in [5.41, 5.74) is 2.64. The smallest absolute Gasteiger partial charge is 0.254 e. The minimum absolute atomic E-state index is 0.00409. The number of carbonyl (C=O) groups is 1. The van der Waals surface area contributed by atoms with Crippen LogP contribution in [0.4, 0.5) is 15.9 Å². The Morgan fingerprint density at radius 1 is 1.03 bits per heavy atom. The number of nitrogens with one attached hydrogen (secondary N) is 1. The number of pyridine rings is 2. The predicted molar refractivity (Wildman–Crippen MR) is 110 cm³/mol. The van der Waals surface area contributed by atoms with Gasteiger partial charge in [0.1, 0.15) is 11.6 Å². The van der Waals surface area contributed by atoms with Gasteiger partial charge in [-0.15, -0.1) is 0 Å². The lowest BCUT2D eigenvalue weighted by molar-refractivity contribution is 0.0746. The normalized spacial score (nSPS) is 14.0. The highest BCUT2D eigenvalue weighted by Gasteiger charge is 2.22. The van der Waals surface area contributed by atoms with E-state index in [1.165, 1.54) is 12.1 Å². The SMILES string of the molecule is O=C(c1ccnc(NCc2cccnc2)c1)N1CCN(c2ccc(F)cc2)CC1. The Balaban J connectivity index is 1.35. The lowest BCUT2D eigenvalue weighted by Crippen LogP contribution is -2.48. The van der Waals surface area contributed by atoms with Gasteiger partial charge >= 0.3 is 0 Å². The number of rotatable bonds is 5. The minimum Gasteiger partial charge on any atom is -0.368 e. The molecule has 2 aromatic heterocycles. The van der Waals surface area contributed by atoms with E-state index in [1.54, 1.807) is 42.9 Å². The summed E-state index contributed by atoms with van der Waals surface area (Å²) in [4.78, 5) is 25.3. The molecule has 1 aliphatic heterocycles. The molecule has 1 aliphatic rings. The Morgan fingerprint density at radius 2 is 1.83 bits per heavy atom. The first kappa shape index (κ1) is 18.9. The van der Waals surface area contributed by atoms with Crippen LogP contribution in [0.5, 0.6) is 0 Å². The number of hydrogen-bond donors (Lipinski definition) is 1. The Bertz CT molecular complexity index is 956. The average Bonchev–Trinajstić information content (AvgIpc) is 2.79. The molecule has 1 amide bonds. The van der Waals surface area contributed by atoms with Crippen molar-refractivity contribution in [3.05, 3.63) is 84.1 Å². The lowest BCUT2D eigenvalue weighted by atomic mass is 10.2. The summed E-state index contributed by atoms with van der Waals surface area (Å²) >= 11 is 0. The van der Waals surface area contributed by atoms with E-state index < -0.39 is 0 Å². The Kier molecular flexibility index (Phi) is 5.65. The van der Waals surface area contributed by atoms with Crippen molar-refractivity contribution >= 4 is 17.4 Å². The van der Waals surface area contributed by atoms with E-state index in [9.17, 15) is 9.18 Å². The zero-order valence-electron chi connectivity index (χ0n) is 16.0. The molecular weight excluding hydrogens is 369 g/mol. The molecule has 1 saturated heterocycles. The summed E-state index contributed by atoms with van der Waals surface area (Å²) in [5, 5.41) is 3.23. The standard InChI is InChI=1S/C22H22FN5O/c23-19-3-5-20(6-4-19)27-10-12-28(13-11-27)22(29)18-7-9-25-21(14-18)26-16-17-2-1-8-24-15-17/h1-9,14-15H,10-13,16H2,(H,25,26). The van der Waals surface area contributed by atoms with Crippen LogP contribution in [-0.4, -0.2) is 47.0 Å². The van der Waals surface area contributed by atoms with Crippen LogP contribution in [0.15, 0.2) is 67.1 Å². The van der Waals surface area contributed by atoms with E-state index in [4.69, 9.17) is 0 Å². The lowest BCUT2D eigenvalue weighted by Gasteiger charge is -2.36. The monoisotopic (exact) mass is 391 g/mol. The molecule has 0 bridgehead atoms. The van der Waals surface area contributed by atoms with Crippen LogP contribution in [0.2, 0.25) is 0 Å². The molecule has 0 unspecified atom stereocenters. The van der Waals surface area contributed by atoms with Gasteiger partial charge in [-0.25, -0.2) is 9.37 Å². The molecule has 7 heteroatoms. The number of carbonyl (C=O) groups excluding carboxylic acids is 1. The van der Waals surface area contributed by atoms with Gasteiger partial charge in [0, 0.05) is 62.6 Å². The van der Waals surface area contributed by atoms with Gasteiger partial charge in [-0.2, -0.15) is 0 Å². The highest BCUT2D eigenvalue weighted by atomic mass is 19.1. The maximum atomic E-state index is 13.1. The van der Waals surface area contributed by atoms with E-state index in [-0.39, 0.29) is 11.7 Å². The maximum absolute atomic E-state index is 13.1. The van der Waals surface area contributed by atoms with Crippen molar-refractivity contribution in [1.29, 1.82) is 0 Å². The summed E-state index contributed by atoms with van der Waals surface area (Å²) in [6.45, 7) is 3.27. The third kappa shape index (κ3) is 4.68. The number of halogens is 1. The molecule has 0 saturated carbocycles. The molecular formula is C22H22FN5O. The van der Waals surface area contributed by atoms with Crippen LogP contribution in [-0.2, 0) is 6.54 Å². The second-order valence-corrected chi connectivity index (χ2v) is 6.90. The summed E-state index contributed by atoms with van der Waals surface area (Å²) < 4.78 is 13.1. The van der Waals surface area contributed by atoms with Gasteiger partial charge in [0.15, 0.2) is 0 Å². The third-order valence-electron chi connectivity index (χ3n) is 4.96. The summed E-state index contributed by atoms with van der Waals surface area (Å²) in [7, 11) is 0. The zero-order chi connectivity index (χ0) is 20.1. The highest BCUT2D eigenvalue weighted by molar-refractivity contribution is 5.95. The fourth-order valence-electron chi connectivity index (χ4n) is 3.36. The third-order valence-corrected chi connectivity index (χ3v) is 4.96. The molecule has 6 nitrogen and oxygen atoms in total. The van der Waals surface area contributed by atoms with E-state index in [1.807, 2.05) is 17.0 Å². The Labute approximate surface area is 169 Å². The number of benzene rings is 1. The van der Waals surface area contributed by atoms with Crippen LogP contribution < -0.4 is 10.2 Å². The molecule has 3 heterocycles. The molecule has 0 radical (unpaired) electrons. The number of piperazine rings is 1. The second-order valence-electron chi connectivity index (χ2n) is 6.90. The average molecular weight is 391 g/mol. The van der Waals surface area contributed by atoms with E-state index >= 15 is 0 Å². The molecule has 29 heavy (non-hydrogen) atoms. The van der Waals surface area contributed by atoms with Gasteiger partial charge in [-0.3, -0.25) is 9.78 Å². The van der Waals surface area contributed by atoms with E-state index in [0.29, 0.717) is 44.1 Å². The molecule has 0 aliphatic carbocycles. The highest BCUT2D eigenvalue weighted by Crippen LogP contribution is 2.18. The van der Waals surface area contributed by atoms with Crippen LogP contribution in [0.3, 0.4) is 0 Å².